The first-order valence-electron chi connectivity index (χ1n) is 8.50. The van der Waals surface area contributed by atoms with Crippen molar-refractivity contribution in [2.24, 2.45) is 24.5 Å². The molecule has 1 heterocycles. The van der Waals surface area contributed by atoms with Gasteiger partial charge in [0.1, 0.15) is 0 Å². The summed E-state index contributed by atoms with van der Waals surface area (Å²) in [7, 11) is 2.01. The molecular formula is C19H26ClN5. The second kappa shape index (κ2) is 8.74. The zero-order valence-corrected chi connectivity index (χ0v) is 15.7. The second-order valence-corrected chi connectivity index (χ2v) is 6.11. The van der Waals surface area contributed by atoms with Gasteiger partial charge < -0.3 is 15.7 Å². The first kappa shape index (κ1) is 19.1. The van der Waals surface area contributed by atoms with Gasteiger partial charge >= 0.3 is 0 Å². The Balaban J connectivity index is 0.00000109. The Morgan fingerprint density at radius 1 is 1.36 bits per heavy atom. The van der Waals surface area contributed by atoms with Crippen LogP contribution in [0.1, 0.15) is 37.2 Å². The number of nitrogens with one attached hydrogen (secondary N) is 1. The number of aryl methyl sites for hydroxylation is 1. The van der Waals surface area contributed by atoms with Crippen molar-refractivity contribution in [1.29, 1.82) is 0 Å². The maximum atomic E-state index is 6.41. The molecule has 0 radical (unpaired) electrons. The van der Waals surface area contributed by atoms with Crippen molar-refractivity contribution in [3.63, 3.8) is 0 Å². The van der Waals surface area contributed by atoms with Gasteiger partial charge in [0, 0.05) is 34.9 Å². The number of benzene rings is 1. The highest BCUT2D eigenvalue weighted by Gasteiger charge is 2.19. The smallest absolute Gasteiger partial charge is 0.0953 e. The topological polar surface area (TPSA) is 81.9 Å². The number of halogens is 1. The lowest BCUT2D eigenvalue weighted by atomic mass is 9.96. The summed E-state index contributed by atoms with van der Waals surface area (Å²) in [5.74, 6) is 5.81. The van der Waals surface area contributed by atoms with E-state index in [-0.39, 0.29) is 5.92 Å². The number of hydrazine groups is 1. The van der Waals surface area contributed by atoms with Crippen LogP contribution in [-0.2, 0) is 13.5 Å². The summed E-state index contributed by atoms with van der Waals surface area (Å²) in [6.45, 7) is 4.00. The molecule has 0 saturated heterocycles. The molecule has 25 heavy (non-hydrogen) atoms. The summed E-state index contributed by atoms with van der Waals surface area (Å²) in [4.78, 5) is 4.41. The van der Waals surface area contributed by atoms with Crippen LogP contribution in [0, 0.1) is 5.92 Å². The number of hydrogen-bond acceptors (Lipinski definition) is 4. The Hall–Kier alpha value is -2.24. The molecule has 0 bridgehead atoms. The Morgan fingerprint density at radius 2 is 2.12 bits per heavy atom. The Bertz CT molecular complexity index is 776. The number of nitrogens with zero attached hydrogens (tertiary/aromatic N) is 2. The molecule has 1 aliphatic rings. The van der Waals surface area contributed by atoms with E-state index in [0.29, 0.717) is 16.4 Å². The number of imidazole rings is 1. The number of hydrogen-bond donors (Lipinski definition) is 3. The van der Waals surface area contributed by atoms with Gasteiger partial charge in [0.05, 0.1) is 17.7 Å². The zero-order valence-electron chi connectivity index (χ0n) is 15.0. The molecule has 1 aliphatic carbocycles. The van der Waals surface area contributed by atoms with Crippen LogP contribution in [0.4, 0.5) is 0 Å². The van der Waals surface area contributed by atoms with Gasteiger partial charge in [0.2, 0.25) is 0 Å². The average Bonchev–Trinajstić information content (AvgIpc) is 2.84. The van der Waals surface area contributed by atoms with E-state index in [1.165, 1.54) is 5.69 Å². The maximum Gasteiger partial charge on any atom is 0.0953 e. The highest BCUT2D eigenvalue weighted by molar-refractivity contribution is 6.30. The van der Waals surface area contributed by atoms with E-state index < -0.39 is 0 Å². The van der Waals surface area contributed by atoms with Crippen molar-refractivity contribution in [2.75, 3.05) is 0 Å². The molecule has 0 amide bonds. The fourth-order valence-corrected chi connectivity index (χ4v) is 3.13. The molecule has 0 fully saturated rings. The van der Waals surface area contributed by atoms with Gasteiger partial charge in [-0.3, -0.25) is 5.84 Å². The highest BCUT2D eigenvalue weighted by Crippen LogP contribution is 2.28. The van der Waals surface area contributed by atoms with E-state index in [1.54, 1.807) is 0 Å². The van der Waals surface area contributed by atoms with Crippen LogP contribution >= 0.6 is 11.6 Å². The van der Waals surface area contributed by atoms with E-state index in [9.17, 15) is 0 Å². The van der Waals surface area contributed by atoms with E-state index in [2.05, 4.69) is 21.1 Å². The van der Waals surface area contributed by atoms with Crippen molar-refractivity contribution in [2.45, 2.75) is 26.7 Å². The van der Waals surface area contributed by atoms with Gasteiger partial charge in [0.15, 0.2) is 0 Å². The molecule has 134 valence electrons. The lowest BCUT2D eigenvalue weighted by molar-refractivity contribution is 0.646. The minimum absolute atomic E-state index is 0.0919. The van der Waals surface area contributed by atoms with Crippen LogP contribution in [0.5, 0.6) is 0 Å². The zero-order chi connectivity index (χ0) is 18.4. The van der Waals surface area contributed by atoms with E-state index >= 15 is 0 Å². The van der Waals surface area contributed by atoms with Crippen LogP contribution in [0.15, 0.2) is 42.4 Å². The van der Waals surface area contributed by atoms with Crippen LogP contribution in [0.25, 0.3) is 11.8 Å². The molecule has 0 spiro atoms. The van der Waals surface area contributed by atoms with Crippen molar-refractivity contribution < 1.29 is 0 Å². The lowest BCUT2D eigenvalue weighted by Crippen LogP contribution is -2.26. The van der Waals surface area contributed by atoms with Crippen LogP contribution < -0.4 is 17.0 Å². The first-order valence-corrected chi connectivity index (χ1v) is 8.88. The molecule has 3 rings (SSSR count). The Labute approximate surface area is 154 Å². The van der Waals surface area contributed by atoms with Gasteiger partial charge in [-0.05, 0) is 31.1 Å². The molecule has 1 unspecified atom stereocenters. The van der Waals surface area contributed by atoms with Gasteiger partial charge in [-0.2, -0.15) is 0 Å². The molecule has 0 aliphatic heterocycles. The minimum atomic E-state index is 0.0919. The second-order valence-electron chi connectivity index (χ2n) is 5.68. The predicted molar refractivity (Wildman–Crippen MR) is 105 cm³/mol. The van der Waals surface area contributed by atoms with Gasteiger partial charge in [0.25, 0.3) is 0 Å². The van der Waals surface area contributed by atoms with Crippen molar-refractivity contribution in [3.8, 4) is 0 Å². The molecule has 5 N–H and O–H groups in total. The molecule has 1 aromatic heterocycles. The molecule has 5 nitrogen and oxygen atoms in total. The normalized spacial score (nSPS) is 16.9. The summed E-state index contributed by atoms with van der Waals surface area (Å²) >= 11 is 6.07. The standard InChI is InChI=1S/C17H20ClN5.C2H6/c1-23-10-21-14-7-5-11(6-8-15(14)23)16(19)17(22-20)12-3-2-4-13(18)9-12;1-2/h2-5,7,9-11,22H,6,8,19-20H2,1H3;1-2H3/b17-16-;. The molecule has 1 aromatic carbocycles. The van der Waals surface area contributed by atoms with Crippen molar-refractivity contribution in [1.82, 2.24) is 15.0 Å². The minimum Gasteiger partial charge on any atom is -0.400 e. The third-order valence-corrected chi connectivity index (χ3v) is 4.45. The van der Waals surface area contributed by atoms with Gasteiger partial charge in [-0.25, -0.2) is 4.98 Å². The van der Waals surface area contributed by atoms with Crippen LogP contribution in [-0.4, -0.2) is 9.55 Å². The molecule has 2 aromatic rings. The number of nitrogens with two attached hydrogens (primary N) is 2. The average molecular weight is 360 g/mol. The van der Waals surface area contributed by atoms with Crippen molar-refractivity contribution >= 4 is 23.4 Å². The molecular weight excluding hydrogens is 334 g/mol. The Kier molecular flexibility index (Phi) is 6.67. The number of aromatic nitrogens is 2. The SMILES string of the molecule is CC.Cn1cnc2c1CCC(/C(N)=C(/NN)c1cccc(Cl)c1)C=C2. The van der Waals surface area contributed by atoms with Gasteiger partial charge in [-0.1, -0.05) is 43.7 Å². The molecule has 1 atom stereocenters. The first-order chi connectivity index (χ1) is 12.1. The third kappa shape index (κ3) is 4.24. The van der Waals surface area contributed by atoms with E-state index in [0.717, 1.165) is 24.1 Å². The largest absolute Gasteiger partial charge is 0.400 e. The summed E-state index contributed by atoms with van der Waals surface area (Å²) in [6, 6.07) is 7.49. The monoisotopic (exact) mass is 359 g/mol. The molecule has 6 heteroatoms. The number of allylic oxidation sites excluding steroid dienone is 1. The van der Waals surface area contributed by atoms with E-state index in [4.69, 9.17) is 23.2 Å². The number of rotatable bonds is 3. The van der Waals surface area contributed by atoms with Crippen LogP contribution in [0.3, 0.4) is 0 Å². The highest BCUT2D eigenvalue weighted by atomic mass is 35.5. The quantitative estimate of drug-likeness (QED) is 0.579. The fourth-order valence-electron chi connectivity index (χ4n) is 2.93. The van der Waals surface area contributed by atoms with Gasteiger partial charge in [-0.15, -0.1) is 0 Å². The summed E-state index contributed by atoms with van der Waals surface area (Å²) in [5.41, 5.74) is 13.7. The van der Waals surface area contributed by atoms with E-state index in [1.807, 2.05) is 57.6 Å². The predicted octanol–water partition coefficient (Wildman–Crippen LogP) is 3.47. The Morgan fingerprint density at radius 3 is 2.80 bits per heavy atom. The third-order valence-electron chi connectivity index (χ3n) is 4.22. The fraction of sp³-hybridized carbons (Fsp3) is 0.316. The summed E-state index contributed by atoms with van der Waals surface area (Å²) in [6.07, 6.45) is 7.79. The lowest BCUT2D eigenvalue weighted by Gasteiger charge is -2.18. The van der Waals surface area contributed by atoms with Crippen molar-refractivity contribution in [3.05, 3.63) is 64.3 Å². The summed E-state index contributed by atoms with van der Waals surface area (Å²) in [5, 5.41) is 0.649. The number of fused-ring (bicyclic) bond motifs is 1. The molecule has 0 saturated carbocycles. The maximum absolute atomic E-state index is 6.41. The summed E-state index contributed by atoms with van der Waals surface area (Å²) < 4.78 is 2.06. The van der Waals surface area contributed by atoms with Crippen LogP contribution in [0.2, 0.25) is 5.02 Å².